The SMILES string of the molecule is Cc1ccc(C(=O)N2CC(C)CC(C)C2)cc1NCC(=O)NCC1(c2ccccc2)CC1. The maximum absolute atomic E-state index is 13.1. The number of likely N-dealkylation sites (tertiary alicyclic amines) is 1. The Morgan fingerprint density at radius 2 is 1.72 bits per heavy atom. The van der Waals surface area contributed by atoms with Gasteiger partial charge >= 0.3 is 0 Å². The molecule has 2 amide bonds. The molecule has 170 valence electrons. The second-order valence-corrected chi connectivity index (χ2v) is 9.96. The standard InChI is InChI=1S/C27H35N3O2/c1-19-13-20(2)17-30(16-19)26(32)22-10-9-21(3)24(14-22)28-15-25(31)29-18-27(11-12-27)23-7-5-4-6-8-23/h4-10,14,19-20,28H,11-13,15-18H2,1-3H3,(H,29,31). The quantitative estimate of drug-likeness (QED) is 0.681. The highest BCUT2D eigenvalue weighted by atomic mass is 16.2. The summed E-state index contributed by atoms with van der Waals surface area (Å²) in [6.07, 6.45) is 3.40. The van der Waals surface area contributed by atoms with Gasteiger partial charge in [-0.1, -0.05) is 50.2 Å². The van der Waals surface area contributed by atoms with Crippen molar-refractivity contribution in [2.75, 3.05) is 31.5 Å². The zero-order valence-corrected chi connectivity index (χ0v) is 19.5. The van der Waals surface area contributed by atoms with Crippen molar-refractivity contribution in [3.05, 3.63) is 65.2 Å². The predicted octanol–water partition coefficient (Wildman–Crippen LogP) is 4.37. The zero-order valence-electron chi connectivity index (χ0n) is 19.5. The lowest BCUT2D eigenvalue weighted by atomic mass is 9.91. The van der Waals surface area contributed by atoms with Crippen LogP contribution in [0, 0.1) is 18.8 Å². The minimum absolute atomic E-state index is 0.0259. The number of benzene rings is 2. The highest BCUT2D eigenvalue weighted by Crippen LogP contribution is 2.47. The highest BCUT2D eigenvalue weighted by molar-refractivity contribution is 5.95. The van der Waals surface area contributed by atoms with Gasteiger partial charge < -0.3 is 15.5 Å². The first-order valence-electron chi connectivity index (χ1n) is 11.8. The molecule has 1 aliphatic carbocycles. The number of piperidine rings is 1. The van der Waals surface area contributed by atoms with Crippen LogP contribution in [0.4, 0.5) is 5.69 Å². The summed E-state index contributed by atoms with van der Waals surface area (Å²) >= 11 is 0. The molecular formula is C27H35N3O2. The topological polar surface area (TPSA) is 61.4 Å². The molecule has 4 rings (SSSR count). The first-order chi connectivity index (χ1) is 15.4. The van der Waals surface area contributed by atoms with Crippen LogP contribution in [0.1, 0.15) is 54.6 Å². The van der Waals surface area contributed by atoms with Crippen LogP contribution in [-0.4, -0.2) is 42.9 Å². The van der Waals surface area contributed by atoms with Crippen molar-refractivity contribution in [3.63, 3.8) is 0 Å². The van der Waals surface area contributed by atoms with Crippen LogP contribution in [-0.2, 0) is 10.2 Å². The lowest BCUT2D eigenvalue weighted by Crippen LogP contribution is -2.42. The van der Waals surface area contributed by atoms with Crippen LogP contribution in [0.2, 0.25) is 0 Å². The van der Waals surface area contributed by atoms with Crippen molar-refractivity contribution in [2.24, 2.45) is 11.8 Å². The number of amides is 2. The van der Waals surface area contributed by atoms with Gasteiger partial charge in [-0.05, 0) is 61.3 Å². The summed E-state index contributed by atoms with van der Waals surface area (Å²) in [6, 6.07) is 16.2. The Hall–Kier alpha value is -2.82. The van der Waals surface area contributed by atoms with Gasteiger partial charge in [0, 0.05) is 36.3 Å². The van der Waals surface area contributed by atoms with E-state index < -0.39 is 0 Å². The van der Waals surface area contributed by atoms with E-state index in [0.717, 1.165) is 37.2 Å². The number of nitrogens with zero attached hydrogens (tertiary/aromatic N) is 1. The first-order valence-corrected chi connectivity index (χ1v) is 11.8. The molecule has 2 atom stereocenters. The molecule has 1 aliphatic heterocycles. The molecule has 2 aromatic rings. The molecule has 2 fully saturated rings. The molecule has 5 nitrogen and oxygen atoms in total. The number of anilines is 1. The van der Waals surface area contributed by atoms with E-state index in [1.54, 1.807) is 0 Å². The van der Waals surface area contributed by atoms with Gasteiger partial charge in [-0.25, -0.2) is 0 Å². The highest BCUT2D eigenvalue weighted by Gasteiger charge is 2.44. The minimum atomic E-state index is -0.0259. The van der Waals surface area contributed by atoms with Crippen molar-refractivity contribution < 1.29 is 9.59 Å². The summed E-state index contributed by atoms with van der Waals surface area (Å²) in [5, 5.41) is 6.34. The Morgan fingerprint density at radius 1 is 1.03 bits per heavy atom. The summed E-state index contributed by atoms with van der Waals surface area (Å²) in [5.74, 6) is 1.11. The zero-order chi connectivity index (χ0) is 22.7. The van der Waals surface area contributed by atoms with Gasteiger partial charge in [-0.3, -0.25) is 9.59 Å². The third-order valence-corrected chi connectivity index (χ3v) is 6.94. The molecule has 1 heterocycles. The second-order valence-electron chi connectivity index (χ2n) is 9.96. The van der Waals surface area contributed by atoms with Crippen LogP contribution in [0.3, 0.4) is 0 Å². The number of aryl methyl sites for hydroxylation is 1. The molecule has 0 radical (unpaired) electrons. The van der Waals surface area contributed by atoms with E-state index in [1.807, 2.05) is 36.1 Å². The van der Waals surface area contributed by atoms with Crippen molar-refractivity contribution in [1.29, 1.82) is 0 Å². The van der Waals surface area contributed by atoms with Gasteiger partial charge in [0.15, 0.2) is 0 Å². The van der Waals surface area contributed by atoms with Crippen molar-refractivity contribution in [3.8, 4) is 0 Å². The van der Waals surface area contributed by atoms with E-state index in [-0.39, 0.29) is 23.8 Å². The molecule has 0 aromatic heterocycles. The van der Waals surface area contributed by atoms with Crippen molar-refractivity contribution in [1.82, 2.24) is 10.2 Å². The van der Waals surface area contributed by atoms with E-state index >= 15 is 0 Å². The lowest BCUT2D eigenvalue weighted by Gasteiger charge is -2.35. The Kier molecular flexibility index (Phi) is 6.54. The monoisotopic (exact) mass is 433 g/mol. The van der Waals surface area contributed by atoms with Crippen LogP contribution < -0.4 is 10.6 Å². The molecule has 1 saturated carbocycles. The van der Waals surface area contributed by atoms with Crippen LogP contribution >= 0.6 is 0 Å². The molecule has 2 aromatic carbocycles. The molecule has 0 bridgehead atoms. The predicted molar refractivity (Wildman–Crippen MR) is 129 cm³/mol. The Balaban J connectivity index is 1.33. The second kappa shape index (κ2) is 9.35. The molecule has 2 N–H and O–H groups in total. The maximum atomic E-state index is 13.1. The molecule has 32 heavy (non-hydrogen) atoms. The molecule has 2 aliphatic rings. The third kappa shape index (κ3) is 5.14. The normalized spacial score (nSPS) is 21.7. The fourth-order valence-corrected chi connectivity index (χ4v) is 4.97. The van der Waals surface area contributed by atoms with Gasteiger partial charge in [0.05, 0.1) is 6.54 Å². The first kappa shape index (κ1) is 22.4. The van der Waals surface area contributed by atoms with Gasteiger partial charge in [0.2, 0.25) is 5.91 Å². The van der Waals surface area contributed by atoms with Gasteiger partial charge in [-0.2, -0.15) is 0 Å². The Labute approximate surface area is 191 Å². The fourth-order valence-electron chi connectivity index (χ4n) is 4.97. The largest absolute Gasteiger partial charge is 0.376 e. The molecule has 0 spiro atoms. The van der Waals surface area contributed by atoms with Gasteiger partial charge in [-0.15, -0.1) is 0 Å². The van der Waals surface area contributed by atoms with Crippen LogP contribution in [0.15, 0.2) is 48.5 Å². The summed E-state index contributed by atoms with van der Waals surface area (Å²) < 4.78 is 0. The van der Waals surface area contributed by atoms with E-state index in [1.165, 1.54) is 12.0 Å². The number of carbonyl (C=O) groups is 2. The van der Waals surface area contributed by atoms with Gasteiger partial charge in [0.1, 0.15) is 0 Å². The summed E-state index contributed by atoms with van der Waals surface area (Å²) in [7, 11) is 0. The number of rotatable bonds is 7. The average Bonchev–Trinajstić information content (AvgIpc) is 3.58. The summed E-state index contributed by atoms with van der Waals surface area (Å²) in [5.41, 5.74) is 3.95. The Morgan fingerprint density at radius 3 is 2.38 bits per heavy atom. The molecule has 2 unspecified atom stereocenters. The minimum Gasteiger partial charge on any atom is -0.376 e. The maximum Gasteiger partial charge on any atom is 0.253 e. The molecular weight excluding hydrogens is 398 g/mol. The number of hydrogen-bond acceptors (Lipinski definition) is 3. The van der Waals surface area contributed by atoms with E-state index in [0.29, 0.717) is 23.9 Å². The number of nitrogens with one attached hydrogen (secondary N) is 2. The summed E-state index contributed by atoms with van der Waals surface area (Å²) in [4.78, 5) is 27.6. The van der Waals surface area contributed by atoms with Crippen LogP contribution in [0.5, 0.6) is 0 Å². The average molecular weight is 434 g/mol. The van der Waals surface area contributed by atoms with Crippen molar-refractivity contribution in [2.45, 2.75) is 45.4 Å². The third-order valence-electron chi connectivity index (χ3n) is 6.94. The van der Waals surface area contributed by atoms with E-state index in [4.69, 9.17) is 0 Å². The molecule has 5 heteroatoms. The van der Waals surface area contributed by atoms with Gasteiger partial charge in [0.25, 0.3) is 5.91 Å². The van der Waals surface area contributed by atoms with Crippen LogP contribution in [0.25, 0.3) is 0 Å². The molecule has 1 saturated heterocycles. The van der Waals surface area contributed by atoms with E-state index in [9.17, 15) is 9.59 Å². The summed E-state index contributed by atoms with van der Waals surface area (Å²) in [6.45, 7) is 8.90. The number of carbonyl (C=O) groups excluding carboxylic acids is 2. The smallest absolute Gasteiger partial charge is 0.253 e. The number of hydrogen-bond donors (Lipinski definition) is 2. The van der Waals surface area contributed by atoms with Crippen molar-refractivity contribution >= 4 is 17.5 Å². The fraction of sp³-hybridized carbons (Fsp3) is 0.481. The lowest BCUT2D eigenvalue weighted by molar-refractivity contribution is -0.119. The Bertz CT molecular complexity index is 958. The van der Waals surface area contributed by atoms with E-state index in [2.05, 4.69) is 48.7 Å².